The average Bonchev–Trinajstić information content (AvgIpc) is 3.05. The van der Waals surface area contributed by atoms with E-state index in [-0.39, 0.29) is 18.1 Å². The van der Waals surface area contributed by atoms with E-state index in [1.807, 2.05) is 6.92 Å². The molecule has 4 rings (SSSR count). The normalized spacial score (nSPS) is 17.2. The lowest BCUT2D eigenvalue weighted by molar-refractivity contribution is -0.129. The Labute approximate surface area is 148 Å². The van der Waals surface area contributed by atoms with Gasteiger partial charge in [0.25, 0.3) is 0 Å². The van der Waals surface area contributed by atoms with E-state index in [4.69, 9.17) is 0 Å². The summed E-state index contributed by atoms with van der Waals surface area (Å²) in [4.78, 5) is 33.2. The van der Waals surface area contributed by atoms with Crippen LogP contribution in [0.1, 0.15) is 29.6 Å². The minimum atomic E-state index is -0.304. The van der Waals surface area contributed by atoms with Gasteiger partial charge in [-0.2, -0.15) is 0 Å². The molecule has 8 heteroatoms. The summed E-state index contributed by atoms with van der Waals surface area (Å²) in [7, 11) is 3.34. The summed E-state index contributed by atoms with van der Waals surface area (Å²) >= 11 is 1.72. The van der Waals surface area contributed by atoms with Gasteiger partial charge in [-0.3, -0.25) is 4.79 Å². The predicted octanol–water partition coefficient (Wildman–Crippen LogP) is 1.63. The number of hydrogen-bond acceptors (Lipinski definition) is 5. The number of aromatic nitrogens is 4. The number of aryl methyl sites for hydroxylation is 2. The van der Waals surface area contributed by atoms with Crippen LogP contribution in [-0.4, -0.2) is 44.1 Å². The van der Waals surface area contributed by atoms with E-state index in [9.17, 15) is 9.59 Å². The van der Waals surface area contributed by atoms with Crippen LogP contribution in [0.3, 0.4) is 0 Å². The zero-order chi connectivity index (χ0) is 17.9. The molecule has 0 spiro atoms. The molecule has 0 aliphatic heterocycles. The Morgan fingerprint density at radius 2 is 2.16 bits per heavy atom. The molecule has 1 aliphatic carbocycles. The highest BCUT2D eigenvalue weighted by Crippen LogP contribution is 2.38. The van der Waals surface area contributed by atoms with Gasteiger partial charge in [0.05, 0.1) is 5.39 Å². The first-order valence-electron chi connectivity index (χ1n) is 8.47. The van der Waals surface area contributed by atoms with E-state index in [0.29, 0.717) is 17.4 Å². The fraction of sp³-hybridized carbons (Fsp3) is 0.529. The van der Waals surface area contributed by atoms with Crippen LogP contribution in [0.5, 0.6) is 0 Å². The van der Waals surface area contributed by atoms with E-state index in [1.165, 1.54) is 24.4 Å². The molecule has 0 radical (unpaired) electrons. The molecule has 0 unspecified atom stereocenters. The molecule has 0 aromatic carbocycles. The van der Waals surface area contributed by atoms with Crippen molar-refractivity contribution in [2.24, 2.45) is 5.92 Å². The van der Waals surface area contributed by atoms with Crippen molar-refractivity contribution in [3.63, 3.8) is 0 Å². The molecule has 3 aromatic rings. The SMILES string of the molecule is Cc1nc2sc3c(c2c2nn(CC(=O)N(C)C)c(=O)n12)CC[C@H](C)C3. The molecule has 1 amide bonds. The second-order valence-corrected chi connectivity index (χ2v) is 8.16. The van der Waals surface area contributed by atoms with Crippen molar-refractivity contribution in [1.29, 1.82) is 0 Å². The smallest absolute Gasteiger partial charge is 0.347 e. The molecule has 3 heterocycles. The maximum Gasteiger partial charge on any atom is 0.352 e. The summed E-state index contributed by atoms with van der Waals surface area (Å²) in [6.07, 6.45) is 3.20. The zero-order valence-electron chi connectivity index (χ0n) is 14.9. The Balaban J connectivity index is 1.97. The second kappa shape index (κ2) is 5.66. The van der Waals surface area contributed by atoms with Gasteiger partial charge in [0.15, 0.2) is 5.65 Å². The first-order chi connectivity index (χ1) is 11.9. The van der Waals surface area contributed by atoms with Gasteiger partial charge in [0.2, 0.25) is 5.91 Å². The first kappa shape index (κ1) is 16.3. The molecule has 132 valence electrons. The third-order valence-corrected chi connectivity index (χ3v) is 6.08. The molecule has 3 aromatic heterocycles. The first-order valence-corrected chi connectivity index (χ1v) is 9.29. The summed E-state index contributed by atoms with van der Waals surface area (Å²) in [5, 5.41) is 5.50. The third-order valence-electron chi connectivity index (χ3n) is 4.93. The standard InChI is InChI=1S/C17H21N5O2S/c1-9-5-6-11-12(7-9)25-16-14(11)15-19-21(8-13(23)20(3)4)17(24)22(15)10(2)18-16/h9H,5-8H2,1-4H3/t9-/m0/s1. The van der Waals surface area contributed by atoms with Crippen molar-refractivity contribution in [2.75, 3.05) is 14.1 Å². The van der Waals surface area contributed by atoms with Crippen molar-refractivity contribution in [2.45, 2.75) is 39.7 Å². The molecule has 0 saturated heterocycles. The predicted molar refractivity (Wildman–Crippen MR) is 97.3 cm³/mol. The van der Waals surface area contributed by atoms with Crippen molar-refractivity contribution in [3.8, 4) is 0 Å². The topological polar surface area (TPSA) is 72.5 Å². The summed E-state index contributed by atoms with van der Waals surface area (Å²) in [6.45, 7) is 4.03. The van der Waals surface area contributed by atoms with Crippen LogP contribution < -0.4 is 5.69 Å². The van der Waals surface area contributed by atoms with Gasteiger partial charge < -0.3 is 4.90 Å². The van der Waals surface area contributed by atoms with Gasteiger partial charge in [0.1, 0.15) is 17.2 Å². The van der Waals surface area contributed by atoms with E-state index >= 15 is 0 Å². The van der Waals surface area contributed by atoms with Crippen molar-refractivity contribution in [1.82, 2.24) is 24.1 Å². The van der Waals surface area contributed by atoms with Crippen molar-refractivity contribution < 1.29 is 4.79 Å². The summed E-state index contributed by atoms with van der Waals surface area (Å²) in [5.74, 6) is 1.13. The Hall–Kier alpha value is -2.22. The number of carbonyl (C=O) groups excluding carboxylic acids is 1. The highest BCUT2D eigenvalue weighted by molar-refractivity contribution is 7.19. The van der Waals surface area contributed by atoms with Gasteiger partial charge in [-0.25, -0.2) is 18.9 Å². The molecular formula is C17H21N5O2S. The molecule has 0 fully saturated rings. The van der Waals surface area contributed by atoms with Crippen molar-refractivity contribution in [3.05, 3.63) is 26.7 Å². The van der Waals surface area contributed by atoms with Gasteiger partial charge in [0, 0.05) is 19.0 Å². The minimum Gasteiger partial charge on any atom is -0.347 e. The van der Waals surface area contributed by atoms with E-state index in [2.05, 4.69) is 17.0 Å². The second-order valence-electron chi connectivity index (χ2n) is 7.08. The largest absolute Gasteiger partial charge is 0.352 e. The molecule has 1 atom stereocenters. The number of hydrogen-bond donors (Lipinski definition) is 0. The van der Waals surface area contributed by atoms with Gasteiger partial charge >= 0.3 is 5.69 Å². The summed E-state index contributed by atoms with van der Waals surface area (Å²) in [6, 6.07) is 0. The van der Waals surface area contributed by atoms with Gasteiger partial charge in [-0.1, -0.05) is 6.92 Å². The lowest BCUT2D eigenvalue weighted by atomic mass is 9.89. The number of fused-ring (bicyclic) bond motifs is 5. The van der Waals surface area contributed by atoms with Crippen LogP contribution in [-0.2, 0) is 24.2 Å². The van der Waals surface area contributed by atoms with Crippen LogP contribution in [0, 0.1) is 12.8 Å². The molecule has 0 N–H and O–H groups in total. The highest BCUT2D eigenvalue weighted by atomic mass is 32.1. The molecule has 0 saturated carbocycles. The Bertz CT molecular complexity index is 1060. The molecule has 25 heavy (non-hydrogen) atoms. The number of rotatable bonds is 2. The maximum atomic E-state index is 12.7. The number of carbonyl (C=O) groups is 1. The number of thiophene rings is 1. The fourth-order valence-corrected chi connectivity index (χ4v) is 4.90. The minimum absolute atomic E-state index is 0.0577. The molecule has 1 aliphatic rings. The Kier molecular flexibility index (Phi) is 3.68. The Morgan fingerprint density at radius 3 is 2.88 bits per heavy atom. The number of nitrogens with zero attached hydrogens (tertiary/aromatic N) is 5. The van der Waals surface area contributed by atoms with E-state index < -0.39 is 0 Å². The number of likely N-dealkylation sites (N-methyl/N-ethyl adjacent to an activating group) is 1. The van der Waals surface area contributed by atoms with Crippen LogP contribution in [0.4, 0.5) is 0 Å². The maximum absolute atomic E-state index is 12.7. The van der Waals surface area contributed by atoms with Gasteiger partial charge in [-0.15, -0.1) is 16.4 Å². The van der Waals surface area contributed by atoms with E-state index in [1.54, 1.807) is 25.4 Å². The summed E-state index contributed by atoms with van der Waals surface area (Å²) < 4.78 is 2.79. The lowest BCUT2D eigenvalue weighted by Gasteiger charge is -2.17. The van der Waals surface area contributed by atoms with Crippen LogP contribution in [0.15, 0.2) is 4.79 Å². The molecule has 0 bridgehead atoms. The molecule has 7 nitrogen and oxygen atoms in total. The van der Waals surface area contributed by atoms with Crippen LogP contribution in [0.2, 0.25) is 0 Å². The quantitative estimate of drug-likeness (QED) is 0.697. The highest BCUT2D eigenvalue weighted by Gasteiger charge is 2.25. The molecular weight excluding hydrogens is 338 g/mol. The Morgan fingerprint density at radius 1 is 1.40 bits per heavy atom. The fourth-order valence-electron chi connectivity index (χ4n) is 3.48. The van der Waals surface area contributed by atoms with Gasteiger partial charge in [-0.05, 0) is 37.7 Å². The van der Waals surface area contributed by atoms with Crippen molar-refractivity contribution >= 4 is 33.1 Å². The monoisotopic (exact) mass is 359 g/mol. The zero-order valence-corrected chi connectivity index (χ0v) is 15.7. The average molecular weight is 359 g/mol. The van der Waals surface area contributed by atoms with Crippen LogP contribution >= 0.6 is 11.3 Å². The van der Waals surface area contributed by atoms with E-state index in [0.717, 1.165) is 29.5 Å². The van der Waals surface area contributed by atoms with Crippen LogP contribution in [0.25, 0.3) is 15.9 Å². The number of amides is 1. The lowest BCUT2D eigenvalue weighted by Crippen LogP contribution is -2.32. The summed E-state index contributed by atoms with van der Waals surface area (Å²) in [5.41, 5.74) is 1.61. The third kappa shape index (κ3) is 2.47.